The Morgan fingerprint density at radius 2 is 0.938 bits per heavy atom. The van der Waals surface area contributed by atoms with Crippen LogP contribution in [-0.2, 0) is 19.1 Å². The number of carbonyl (C=O) groups is 2. The van der Waals surface area contributed by atoms with E-state index in [2.05, 4.69) is 66.0 Å². The van der Waals surface area contributed by atoms with E-state index in [4.69, 9.17) is 9.47 Å². The number of piperidine rings is 2. The summed E-state index contributed by atoms with van der Waals surface area (Å²) < 4.78 is 12.8. The molecule has 0 aromatic rings. The fourth-order valence-corrected chi connectivity index (χ4v) is 6.91. The number of carboxylic acids is 2. The topological polar surface area (TPSA) is 117 Å². The molecule has 184 valence electrons. The van der Waals surface area contributed by atoms with Crippen molar-refractivity contribution in [1.82, 2.24) is 10.6 Å². The van der Waals surface area contributed by atoms with Gasteiger partial charge in [0.1, 0.15) is 0 Å². The Kier molecular flexibility index (Phi) is 6.07. The van der Waals surface area contributed by atoms with E-state index in [0.29, 0.717) is 0 Å². The molecule has 0 aromatic carbocycles. The normalized spacial score (nSPS) is 31.0. The van der Waals surface area contributed by atoms with Crippen LogP contribution < -0.4 is 10.6 Å². The van der Waals surface area contributed by atoms with Gasteiger partial charge >= 0.3 is 11.9 Å². The monoisotopic (exact) mass is 454 g/mol. The van der Waals surface area contributed by atoms with Crippen LogP contribution in [0.15, 0.2) is 0 Å². The van der Waals surface area contributed by atoms with Crippen molar-refractivity contribution in [2.75, 3.05) is 13.2 Å². The van der Waals surface area contributed by atoms with E-state index in [1.807, 2.05) is 0 Å². The molecule has 3 rings (SSSR count). The lowest BCUT2D eigenvalue weighted by Crippen LogP contribution is -2.70. The number of hydrogen-bond acceptors (Lipinski definition) is 6. The lowest BCUT2D eigenvalue weighted by atomic mass is 9.64. The van der Waals surface area contributed by atoms with E-state index < -0.39 is 36.4 Å². The maximum Gasteiger partial charge on any atom is 0.325 e. The van der Waals surface area contributed by atoms with Crippen molar-refractivity contribution in [3.8, 4) is 0 Å². The van der Waals surface area contributed by atoms with Gasteiger partial charge in [0.2, 0.25) is 5.41 Å². The van der Waals surface area contributed by atoms with E-state index in [0.717, 1.165) is 25.7 Å². The average Bonchev–Trinajstić information content (AvgIpc) is 2.55. The van der Waals surface area contributed by atoms with E-state index in [-0.39, 0.29) is 34.0 Å². The van der Waals surface area contributed by atoms with Crippen molar-refractivity contribution in [3.63, 3.8) is 0 Å². The molecular weight excluding hydrogens is 412 g/mol. The largest absolute Gasteiger partial charge is 0.480 e. The minimum Gasteiger partial charge on any atom is -0.480 e. The second-order valence-electron chi connectivity index (χ2n) is 13.0. The van der Waals surface area contributed by atoms with Crippen LogP contribution in [0.2, 0.25) is 0 Å². The maximum absolute atomic E-state index is 11.9. The number of hydrogen-bond donors (Lipinski definition) is 4. The summed E-state index contributed by atoms with van der Waals surface area (Å²) in [5, 5.41) is 26.8. The van der Waals surface area contributed by atoms with Crippen LogP contribution >= 0.6 is 0 Å². The highest BCUT2D eigenvalue weighted by atomic mass is 16.7. The predicted octanol–water partition coefficient (Wildman–Crippen LogP) is 3.00. The molecule has 0 aromatic heterocycles. The Balaban J connectivity index is 2.05. The molecule has 0 unspecified atom stereocenters. The molecule has 32 heavy (non-hydrogen) atoms. The highest BCUT2D eigenvalue weighted by Crippen LogP contribution is 2.52. The van der Waals surface area contributed by atoms with Gasteiger partial charge in [0, 0.05) is 34.0 Å². The third kappa shape index (κ3) is 4.69. The third-order valence-corrected chi connectivity index (χ3v) is 7.43. The van der Waals surface area contributed by atoms with E-state index in [9.17, 15) is 19.8 Å². The SMILES string of the molecule is CC1(C)CC(C2(C3CC(C)(C)NC(C)(C)C3)OCC(C(=O)O)(C(=O)O)CO2)CC(C)(C)N1. The summed E-state index contributed by atoms with van der Waals surface area (Å²) in [6.45, 7) is 16.5. The first kappa shape index (κ1) is 25.4. The van der Waals surface area contributed by atoms with Gasteiger partial charge in [-0.15, -0.1) is 0 Å². The van der Waals surface area contributed by atoms with Crippen LogP contribution in [0.5, 0.6) is 0 Å². The minimum absolute atomic E-state index is 0.0101. The summed E-state index contributed by atoms with van der Waals surface area (Å²) in [6, 6.07) is 0. The lowest BCUT2D eigenvalue weighted by molar-refractivity contribution is -0.356. The molecule has 0 saturated carbocycles. The molecule has 3 saturated heterocycles. The minimum atomic E-state index is -2.08. The van der Waals surface area contributed by atoms with Gasteiger partial charge in [0.05, 0.1) is 13.2 Å². The summed E-state index contributed by atoms with van der Waals surface area (Å²) in [5.74, 6) is -3.90. The van der Waals surface area contributed by atoms with Crippen molar-refractivity contribution in [1.29, 1.82) is 0 Å². The van der Waals surface area contributed by atoms with Crippen molar-refractivity contribution < 1.29 is 29.3 Å². The van der Waals surface area contributed by atoms with Gasteiger partial charge in [-0.3, -0.25) is 9.59 Å². The molecule has 4 N–H and O–H groups in total. The van der Waals surface area contributed by atoms with Gasteiger partial charge in [-0.25, -0.2) is 0 Å². The summed E-state index contributed by atoms with van der Waals surface area (Å²) >= 11 is 0. The standard InChI is InChI=1S/C24H42N2O6/c1-19(2)9-15(10-20(3,4)25-19)24(16-11-21(5,6)26-22(7,8)12-16)31-13-23(14-32-24,17(27)28)18(29)30/h15-16,25-26H,9-14H2,1-8H3,(H,27,28)(H,29,30). The van der Waals surface area contributed by atoms with Gasteiger partial charge in [0.25, 0.3) is 0 Å². The second-order valence-corrected chi connectivity index (χ2v) is 13.0. The van der Waals surface area contributed by atoms with Gasteiger partial charge in [0.15, 0.2) is 5.79 Å². The molecule has 3 aliphatic rings. The van der Waals surface area contributed by atoms with Crippen LogP contribution in [0, 0.1) is 17.3 Å². The Morgan fingerprint density at radius 1 is 0.656 bits per heavy atom. The summed E-state index contributed by atoms with van der Waals surface area (Å²) in [4.78, 5) is 23.9. The number of nitrogens with one attached hydrogen (secondary N) is 2. The van der Waals surface area contributed by atoms with Crippen LogP contribution in [0.1, 0.15) is 81.1 Å². The number of carboxylic acid groups (broad SMARTS) is 2. The summed E-state index contributed by atoms with van der Waals surface area (Å²) in [6.07, 6.45) is 3.14. The molecule has 3 fully saturated rings. The smallest absolute Gasteiger partial charge is 0.325 e. The highest BCUT2D eigenvalue weighted by Gasteiger charge is 2.62. The first-order chi connectivity index (χ1) is 14.3. The molecule has 3 aliphatic heterocycles. The van der Waals surface area contributed by atoms with E-state index in [1.54, 1.807) is 0 Å². The number of rotatable bonds is 4. The molecule has 3 heterocycles. The van der Waals surface area contributed by atoms with Crippen molar-refractivity contribution >= 4 is 11.9 Å². The van der Waals surface area contributed by atoms with Gasteiger partial charge < -0.3 is 30.3 Å². The van der Waals surface area contributed by atoms with Crippen LogP contribution in [0.3, 0.4) is 0 Å². The van der Waals surface area contributed by atoms with Crippen molar-refractivity contribution in [3.05, 3.63) is 0 Å². The second kappa shape index (κ2) is 7.65. The van der Waals surface area contributed by atoms with Gasteiger partial charge in [-0.2, -0.15) is 0 Å². The lowest BCUT2D eigenvalue weighted by Gasteiger charge is -2.59. The molecule has 0 aliphatic carbocycles. The average molecular weight is 455 g/mol. The Bertz CT molecular complexity index is 676. The first-order valence-electron chi connectivity index (χ1n) is 11.7. The van der Waals surface area contributed by atoms with Gasteiger partial charge in [-0.1, -0.05) is 0 Å². The van der Waals surface area contributed by atoms with Crippen LogP contribution in [0.25, 0.3) is 0 Å². The van der Waals surface area contributed by atoms with Gasteiger partial charge in [-0.05, 0) is 81.1 Å². The molecule has 0 radical (unpaired) electrons. The number of ether oxygens (including phenoxy) is 2. The number of aliphatic carboxylic acids is 2. The first-order valence-corrected chi connectivity index (χ1v) is 11.7. The summed E-state index contributed by atoms with van der Waals surface area (Å²) in [7, 11) is 0. The fraction of sp³-hybridized carbons (Fsp3) is 0.917. The van der Waals surface area contributed by atoms with Crippen LogP contribution in [0.4, 0.5) is 0 Å². The summed E-state index contributed by atoms with van der Waals surface area (Å²) in [5.41, 5.74) is -2.76. The van der Waals surface area contributed by atoms with Crippen molar-refractivity contribution in [2.45, 2.75) is 109 Å². The highest BCUT2D eigenvalue weighted by molar-refractivity contribution is 5.98. The predicted molar refractivity (Wildman–Crippen MR) is 120 cm³/mol. The van der Waals surface area contributed by atoms with Crippen LogP contribution in [-0.4, -0.2) is 63.3 Å². The Labute approximate surface area is 191 Å². The Hall–Kier alpha value is -1.22. The molecule has 0 bridgehead atoms. The maximum atomic E-state index is 11.9. The zero-order chi connectivity index (χ0) is 24.4. The molecule has 0 amide bonds. The molecule has 8 heteroatoms. The quantitative estimate of drug-likeness (QED) is 0.479. The zero-order valence-electron chi connectivity index (χ0n) is 20.9. The zero-order valence-corrected chi connectivity index (χ0v) is 20.9. The Morgan fingerprint density at radius 3 is 1.19 bits per heavy atom. The van der Waals surface area contributed by atoms with E-state index >= 15 is 0 Å². The molecule has 0 spiro atoms. The van der Waals surface area contributed by atoms with E-state index in [1.165, 1.54) is 0 Å². The fourth-order valence-electron chi connectivity index (χ4n) is 6.91. The molecule has 8 nitrogen and oxygen atoms in total. The molecular formula is C24H42N2O6. The molecule has 0 atom stereocenters. The van der Waals surface area contributed by atoms with Crippen molar-refractivity contribution in [2.24, 2.45) is 17.3 Å². The third-order valence-electron chi connectivity index (χ3n) is 7.43.